The van der Waals surface area contributed by atoms with Gasteiger partial charge in [-0.2, -0.15) is 5.26 Å². The molecule has 4 nitrogen and oxygen atoms in total. The summed E-state index contributed by atoms with van der Waals surface area (Å²) in [6.45, 7) is 6.16. The van der Waals surface area contributed by atoms with Crippen LogP contribution in [0.15, 0.2) is 48.5 Å². The second kappa shape index (κ2) is 8.66. The molecule has 0 amide bonds. The Morgan fingerprint density at radius 2 is 1.84 bits per heavy atom. The van der Waals surface area contributed by atoms with Crippen LogP contribution in [0.5, 0.6) is 5.75 Å². The van der Waals surface area contributed by atoms with Gasteiger partial charge in [0.2, 0.25) is 0 Å². The lowest BCUT2D eigenvalue weighted by molar-refractivity contribution is 0.231. The highest BCUT2D eigenvalue weighted by Gasteiger charge is 2.18. The molecule has 0 aliphatic carbocycles. The standard InChI is InChI=1S/C21H27N3O/c1-21(2,23)14-19-18(15-22)10-7-11-20(19)25-13-12-24(3)16-17-8-5-4-6-9-17/h4-11H,12-14,16,23H2,1-3H3. The number of hydrogen-bond donors (Lipinski definition) is 1. The normalized spacial score (nSPS) is 11.4. The zero-order valence-corrected chi connectivity index (χ0v) is 15.3. The van der Waals surface area contributed by atoms with Gasteiger partial charge in [-0.3, -0.25) is 4.90 Å². The van der Waals surface area contributed by atoms with Gasteiger partial charge >= 0.3 is 0 Å². The van der Waals surface area contributed by atoms with Crippen molar-refractivity contribution in [2.45, 2.75) is 32.4 Å². The number of nitriles is 1. The molecule has 0 heterocycles. The molecule has 2 aromatic rings. The van der Waals surface area contributed by atoms with Crippen LogP contribution in [-0.4, -0.2) is 30.6 Å². The second-order valence-electron chi connectivity index (χ2n) is 7.13. The molecule has 0 aliphatic heterocycles. The molecule has 0 aromatic heterocycles. The molecular formula is C21H27N3O. The molecule has 0 radical (unpaired) electrons. The number of likely N-dealkylation sites (N-methyl/N-ethyl adjacent to an activating group) is 1. The molecule has 4 heteroatoms. The maximum Gasteiger partial charge on any atom is 0.123 e. The van der Waals surface area contributed by atoms with Crippen molar-refractivity contribution in [3.63, 3.8) is 0 Å². The van der Waals surface area contributed by atoms with Crippen LogP contribution < -0.4 is 10.5 Å². The highest BCUT2D eigenvalue weighted by molar-refractivity contribution is 5.47. The van der Waals surface area contributed by atoms with Crippen LogP contribution in [0.1, 0.15) is 30.5 Å². The number of hydrogen-bond acceptors (Lipinski definition) is 4. The highest BCUT2D eigenvalue weighted by Crippen LogP contribution is 2.26. The monoisotopic (exact) mass is 337 g/mol. The fraction of sp³-hybridized carbons (Fsp3) is 0.381. The zero-order chi connectivity index (χ0) is 18.3. The summed E-state index contributed by atoms with van der Waals surface area (Å²) in [5.74, 6) is 0.755. The van der Waals surface area contributed by atoms with Gasteiger partial charge < -0.3 is 10.5 Å². The number of benzene rings is 2. The fourth-order valence-corrected chi connectivity index (χ4v) is 2.73. The number of nitrogens with two attached hydrogens (primary N) is 1. The number of rotatable bonds is 8. The van der Waals surface area contributed by atoms with E-state index in [0.29, 0.717) is 18.6 Å². The summed E-state index contributed by atoms with van der Waals surface area (Å²) in [4.78, 5) is 2.22. The first-order valence-corrected chi connectivity index (χ1v) is 8.55. The second-order valence-corrected chi connectivity index (χ2v) is 7.13. The van der Waals surface area contributed by atoms with Gasteiger partial charge in [-0.05, 0) is 45.0 Å². The Balaban J connectivity index is 1.97. The van der Waals surface area contributed by atoms with Crippen molar-refractivity contribution in [2.75, 3.05) is 20.2 Å². The first kappa shape index (κ1) is 19.0. The molecule has 0 aliphatic rings. The molecule has 0 saturated carbocycles. The molecule has 2 aromatic carbocycles. The van der Waals surface area contributed by atoms with Gasteiger partial charge in [-0.25, -0.2) is 0 Å². The van der Waals surface area contributed by atoms with Gasteiger partial charge in [0, 0.05) is 24.2 Å². The van der Waals surface area contributed by atoms with Crippen LogP contribution in [0.25, 0.3) is 0 Å². The van der Waals surface area contributed by atoms with Gasteiger partial charge in [0.1, 0.15) is 12.4 Å². The molecule has 0 saturated heterocycles. The molecule has 25 heavy (non-hydrogen) atoms. The summed E-state index contributed by atoms with van der Waals surface area (Å²) in [5, 5.41) is 9.36. The van der Waals surface area contributed by atoms with Crippen LogP contribution in [0.4, 0.5) is 0 Å². The van der Waals surface area contributed by atoms with Crippen molar-refractivity contribution in [1.82, 2.24) is 4.90 Å². The van der Waals surface area contributed by atoms with Crippen LogP contribution in [-0.2, 0) is 13.0 Å². The highest BCUT2D eigenvalue weighted by atomic mass is 16.5. The summed E-state index contributed by atoms with van der Waals surface area (Å²) in [5.41, 5.74) is 8.56. The Kier molecular flexibility index (Phi) is 6.58. The Bertz CT molecular complexity index is 714. The van der Waals surface area contributed by atoms with Crippen LogP contribution >= 0.6 is 0 Å². The third-order valence-electron chi connectivity index (χ3n) is 3.91. The predicted molar refractivity (Wildman–Crippen MR) is 101 cm³/mol. The third kappa shape index (κ3) is 6.22. The van der Waals surface area contributed by atoms with Gasteiger partial charge in [0.25, 0.3) is 0 Å². The van der Waals surface area contributed by atoms with E-state index in [9.17, 15) is 5.26 Å². The molecule has 0 atom stereocenters. The van der Waals surface area contributed by atoms with Crippen LogP contribution in [0.3, 0.4) is 0 Å². The van der Waals surface area contributed by atoms with E-state index in [4.69, 9.17) is 10.5 Å². The molecule has 2 N–H and O–H groups in total. The maximum atomic E-state index is 9.36. The van der Waals surface area contributed by atoms with Gasteiger partial charge in [-0.1, -0.05) is 36.4 Å². The van der Waals surface area contributed by atoms with E-state index in [1.807, 2.05) is 50.2 Å². The van der Waals surface area contributed by atoms with E-state index >= 15 is 0 Å². The third-order valence-corrected chi connectivity index (χ3v) is 3.91. The van der Waals surface area contributed by atoms with Gasteiger partial charge in [-0.15, -0.1) is 0 Å². The lowest BCUT2D eigenvalue weighted by atomic mass is 9.92. The average molecular weight is 337 g/mol. The fourth-order valence-electron chi connectivity index (χ4n) is 2.73. The minimum atomic E-state index is -0.394. The molecule has 2 rings (SSSR count). The Morgan fingerprint density at radius 3 is 2.48 bits per heavy atom. The first-order chi connectivity index (χ1) is 11.9. The summed E-state index contributed by atoms with van der Waals surface area (Å²) >= 11 is 0. The van der Waals surface area contributed by atoms with Crippen molar-refractivity contribution in [2.24, 2.45) is 5.73 Å². The van der Waals surface area contributed by atoms with Crippen molar-refractivity contribution in [3.05, 3.63) is 65.2 Å². The van der Waals surface area contributed by atoms with Crippen LogP contribution in [0.2, 0.25) is 0 Å². The Labute approximate surface area is 150 Å². The van der Waals surface area contributed by atoms with E-state index in [1.165, 1.54) is 5.56 Å². The van der Waals surface area contributed by atoms with Crippen LogP contribution in [0, 0.1) is 11.3 Å². The van der Waals surface area contributed by atoms with E-state index in [1.54, 1.807) is 0 Å². The van der Waals surface area contributed by atoms with Crippen molar-refractivity contribution < 1.29 is 4.74 Å². The number of nitrogens with zero attached hydrogens (tertiary/aromatic N) is 2. The summed E-state index contributed by atoms with van der Waals surface area (Å²) < 4.78 is 5.99. The maximum absolute atomic E-state index is 9.36. The molecule has 0 spiro atoms. The molecule has 132 valence electrons. The van der Waals surface area contributed by atoms with E-state index < -0.39 is 5.54 Å². The van der Waals surface area contributed by atoms with Crippen molar-refractivity contribution in [1.29, 1.82) is 5.26 Å². The minimum Gasteiger partial charge on any atom is -0.492 e. The average Bonchev–Trinajstić information content (AvgIpc) is 2.56. The summed E-state index contributed by atoms with van der Waals surface area (Å²) in [6.07, 6.45) is 0.603. The molecule has 0 unspecified atom stereocenters. The van der Waals surface area contributed by atoms with Gasteiger partial charge in [0.05, 0.1) is 11.6 Å². The quantitative estimate of drug-likeness (QED) is 0.802. The van der Waals surface area contributed by atoms with Crippen molar-refractivity contribution >= 4 is 0 Å². The first-order valence-electron chi connectivity index (χ1n) is 8.55. The largest absolute Gasteiger partial charge is 0.492 e. The minimum absolute atomic E-state index is 0.394. The van der Waals surface area contributed by atoms with E-state index in [-0.39, 0.29) is 0 Å². The Hall–Kier alpha value is -2.35. The number of ether oxygens (including phenoxy) is 1. The topological polar surface area (TPSA) is 62.3 Å². The molecule has 0 bridgehead atoms. The summed E-state index contributed by atoms with van der Waals surface area (Å²) in [7, 11) is 2.08. The Morgan fingerprint density at radius 1 is 1.12 bits per heavy atom. The zero-order valence-electron chi connectivity index (χ0n) is 15.3. The molecule has 0 fully saturated rings. The van der Waals surface area contributed by atoms with E-state index in [2.05, 4.69) is 30.1 Å². The van der Waals surface area contributed by atoms with E-state index in [0.717, 1.165) is 24.4 Å². The predicted octanol–water partition coefficient (Wildman–Crippen LogP) is 3.35. The molecular weight excluding hydrogens is 310 g/mol. The van der Waals surface area contributed by atoms with Gasteiger partial charge in [0.15, 0.2) is 0 Å². The lowest BCUT2D eigenvalue weighted by Gasteiger charge is -2.22. The summed E-state index contributed by atoms with van der Waals surface area (Å²) in [6, 6.07) is 18.2. The smallest absolute Gasteiger partial charge is 0.123 e. The lowest BCUT2D eigenvalue weighted by Crippen LogP contribution is -2.35. The SMILES string of the molecule is CN(CCOc1cccc(C#N)c1CC(C)(C)N)Cc1ccccc1. The van der Waals surface area contributed by atoms with Crippen molar-refractivity contribution in [3.8, 4) is 11.8 Å².